The second-order valence-electron chi connectivity index (χ2n) is 3.42. The molecule has 0 heterocycles. The van der Waals surface area contributed by atoms with Crippen LogP contribution in [-0.4, -0.2) is 29.3 Å². The third-order valence-electron chi connectivity index (χ3n) is 2.29. The molecule has 0 aliphatic carbocycles. The Hall–Kier alpha value is -1.95. The van der Waals surface area contributed by atoms with E-state index in [9.17, 15) is 19.1 Å². The van der Waals surface area contributed by atoms with Crippen molar-refractivity contribution in [1.29, 1.82) is 0 Å². The summed E-state index contributed by atoms with van der Waals surface area (Å²) in [7, 11) is 1.04. The zero-order chi connectivity index (χ0) is 13.2. The minimum atomic E-state index is -1.83. The standard InChI is InChI=1S/C11H11FO5/c1-5-3-8(12)7(4-6(5)10(14)15)9(13)11(16)17-2/h3-4,9,13H,1-2H3,(H,14,15). The lowest BCUT2D eigenvalue weighted by Gasteiger charge is -2.11. The molecular weight excluding hydrogens is 231 g/mol. The van der Waals surface area contributed by atoms with Gasteiger partial charge in [0.15, 0.2) is 6.10 Å². The van der Waals surface area contributed by atoms with E-state index >= 15 is 0 Å². The average molecular weight is 242 g/mol. The van der Waals surface area contributed by atoms with Crippen molar-refractivity contribution in [3.63, 3.8) is 0 Å². The number of benzene rings is 1. The van der Waals surface area contributed by atoms with Crippen LogP contribution in [0.25, 0.3) is 0 Å². The number of aromatic carboxylic acids is 1. The van der Waals surface area contributed by atoms with E-state index < -0.39 is 29.4 Å². The number of aliphatic hydroxyl groups is 1. The van der Waals surface area contributed by atoms with E-state index in [-0.39, 0.29) is 11.1 Å². The number of aliphatic hydroxyl groups excluding tert-OH is 1. The monoisotopic (exact) mass is 242 g/mol. The van der Waals surface area contributed by atoms with E-state index in [0.717, 1.165) is 19.2 Å². The van der Waals surface area contributed by atoms with Crippen molar-refractivity contribution in [2.45, 2.75) is 13.0 Å². The number of hydrogen-bond acceptors (Lipinski definition) is 4. The molecule has 2 N–H and O–H groups in total. The Bertz CT molecular complexity index is 469. The van der Waals surface area contributed by atoms with Crippen LogP contribution in [0.4, 0.5) is 4.39 Å². The van der Waals surface area contributed by atoms with Crippen LogP contribution >= 0.6 is 0 Å². The molecule has 1 aromatic carbocycles. The number of halogens is 1. The summed E-state index contributed by atoms with van der Waals surface area (Å²) in [6.07, 6.45) is -1.83. The summed E-state index contributed by atoms with van der Waals surface area (Å²) in [6.45, 7) is 1.42. The van der Waals surface area contributed by atoms with Crippen LogP contribution in [0.1, 0.15) is 27.6 Å². The van der Waals surface area contributed by atoms with E-state index in [1.54, 1.807) is 0 Å². The zero-order valence-electron chi connectivity index (χ0n) is 9.23. The molecule has 1 atom stereocenters. The fourth-order valence-corrected chi connectivity index (χ4v) is 1.37. The van der Waals surface area contributed by atoms with Gasteiger partial charge in [0.25, 0.3) is 0 Å². The summed E-state index contributed by atoms with van der Waals surface area (Å²) in [4.78, 5) is 21.9. The number of methoxy groups -OCH3 is 1. The predicted molar refractivity (Wildman–Crippen MR) is 55.1 cm³/mol. The third-order valence-corrected chi connectivity index (χ3v) is 2.29. The van der Waals surface area contributed by atoms with Gasteiger partial charge in [0.2, 0.25) is 0 Å². The van der Waals surface area contributed by atoms with Crippen LogP contribution in [0.15, 0.2) is 12.1 Å². The minimum absolute atomic E-state index is 0.177. The second-order valence-corrected chi connectivity index (χ2v) is 3.42. The molecule has 0 aliphatic heterocycles. The Labute approximate surface area is 96.4 Å². The number of carboxylic acid groups (broad SMARTS) is 1. The normalized spacial score (nSPS) is 12.0. The highest BCUT2D eigenvalue weighted by Crippen LogP contribution is 2.22. The van der Waals surface area contributed by atoms with E-state index in [1.807, 2.05) is 0 Å². The van der Waals surface area contributed by atoms with Crippen molar-refractivity contribution in [3.05, 3.63) is 34.6 Å². The first kappa shape index (κ1) is 13.1. The van der Waals surface area contributed by atoms with Gasteiger partial charge in [-0.15, -0.1) is 0 Å². The summed E-state index contributed by atoms with van der Waals surface area (Å²) < 4.78 is 17.7. The Morgan fingerprint density at radius 3 is 2.47 bits per heavy atom. The van der Waals surface area contributed by atoms with Gasteiger partial charge in [0, 0.05) is 5.56 Å². The lowest BCUT2D eigenvalue weighted by molar-refractivity contribution is -0.150. The number of rotatable bonds is 3. The third kappa shape index (κ3) is 2.59. The molecule has 0 spiro atoms. The van der Waals surface area contributed by atoms with E-state index in [4.69, 9.17) is 5.11 Å². The number of esters is 1. The van der Waals surface area contributed by atoms with Crippen LogP contribution in [0.3, 0.4) is 0 Å². The Morgan fingerprint density at radius 1 is 1.41 bits per heavy atom. The van der Waals surface area contributed by atoms with Crippen molar-refractivity contribution in [2.24, 2.45) is 0 Å². The summed E-state index contributed by atoms with van der Waals surface area (Å²) in [6, 6.07) is 1.87. The van der Waals surface area contributed by atoms with Crippen LogP contribution in [0, 0.1) is 12.7 Å². The predicted octanol–water partition coefficient (Wildman–Crippen LogP) is 1.04. The largest absolute Gasteiger partial charge is 0.478 e. The first-order valence-electron chi connectivity index (χ1n) is 4.67. The van der Waals surface area contributed by atoms with Gasteiger partial charge in [0.05, 0.1) is 12.7 Å². The Kier molecular flexibility index (Phi) is 3.80. The highest BCUT2D eigenvalue weighted by atomic mass is 19.1. The molecule has 1 aromatic rings. The van der Waals surface area contributed by atoms with Crippen molar-refractivity contribution >= 4 is 11.9 Å². The maximum Gasteiger partial charge on any atom is 0.339 e. The van der Waals surface area contributed by atoms with Crippen molar-refractivity contribution in [3.8, 4) is 0 Å². The number of aryl methyl sites for hydroxylation is 1. The van der Waals surface area contributed by atoms with Gasteiger partial charge in [-0.1, -0.05) is 0 Å². The van der Waals surface area contributed by atoms with Crippen molar-refractivity contribution < 1.29 is 28.9 Å². The van der Waals surface area contributed by atoms with Crippen LogP contribution < -0.4 is 0 Å². The SMILES string of the molecule is COC(=O)C(O)c1cc(C(=O)O)c(C)cc1F. The molecule has 1 rings (SSSR count). The lowest BCUT2D eigenvalue weighted by Crippen LogP contribution is -2.16. The maximum absolute atomic E-state index is 13.5. The van der Waals surface area contributed by atoms with Crippen molar-refractivity contribution in [2.75, 3.05) is 7.11 Å². The van der Waals surface area contributed by atoms with Gasteiger partial charge in [-0.3, -0.25) is 0 Å². The molecule has 92 valence electrons. The highest BCUT2D eigenvalue weighted by molar-refractivity contribution is 5.90. The van der Waals surface area contributed by atoms with Gasteiger partial charge in [-0.05, 0) is 24.6 Å². The molecule has 0 saturated heterocycles. The molecule has 0 aliphatic rings. The first-order chi connectivity index (χ1) is 7.88. The fourth-order valence-electron chi connectivity index (χ4n) is 1.37. The quantitative estimate of drug-likeness (QED) is 0.773. The Balaban J connectivity index is 3.29. The molecule has 17 heavy (non-hydrogen) atoms. The fraction of sp³-hybridized carbons (Fsp3) is 0.273. The lowest BCUT2D eigenvalue weighted by atomic mass is 10.0. The zero-order valence-corrected chi connectivity index (χ0v) is 9.23. The number of hydrogen-bond donors (Lipinski definition) is 2. The molecule has 6 heteroatoms. The van der Waals surface area contributed by atoms with Crippen LogP contribution in [0.5, 0.6) is 0 Å². The second kappa shape index (κ2) is 4.92. The maximum atomic E-state index is 13.5. The van der Waals surface area contributed by atoms with Gasteiger partial charge in [-0.2, -0.15) is 0 Å². The summed E-state index contributed by atoms with van der Waals surface area (Å²) >= 11 is 0. The molecule has 0 aromatic heterocycles. The number of ether oxygens (including phenoxy) is 1. The number of carbonyl (C=O) groups is 2. The van der Waals surface area contributed by atoms with E-state index in [0.29, 0.717) is 0 Å². The van der Waals surface area contributed by atoms with Crippen LogP contribution in [0.2, 0.25) is 0 Å². The summed E-state index contributed by atoms with van der Waals surface area (Å²) in [5, 5.41) is 18.3. The van der Waals surface area contributed by atoms with Crippen LogP contribution in [-0.2, 0) is 9.53 Å². The topological polar surface area (TPSA) is 83.8 Å². The molecule has 0 bridgehead atoms. The van der Waals surface area contributed by atoms with E-state index in [1.165, 1.54) is 6.92 Å². The van der Waals surface area contributed by atoms with Gasteiger partial charge in [-0.25, -0.2) is 14.0 Å². The summed E-state index contributed by atoms with van der Waals surface area (Å²) in [5.74, 6) is -3.17. The number of carbonyl (C=O) groups excluding carboxylic acids is 1. The first-order valence-corrected chi connectivity index (χ1v) is 4.67. The van der Waals surface area contributed by atoms with E-state index in [2.05, 4.69) is 4.74 Å². The van der Waals surface area contributed by atoms with Gasteiger partial charge in [0.1, 0.15) is 5.82 Å². The molecule has 0 fully saturated rings. The van der Waals surface area contributed by atoms with Gasteiger partial charge < -0.3 is 14.9 Å². The van der Waals surface area contributed by atoms with Gasteiger partial charge >= 0.3 is 11.9 Å². The minimum Gasteiger partial charge on any atom is -0.478 e. The average Bonchev–Trinajstić information content (AvgIpc) is 2.26. The van der Waals surface area contributed by atoms with Crippen molar-refractivity contribution in [1.82, 2.24) is 0 Å². The Morgan fingerprint density at radius 2 is 2.00 bits per heavy atom. The smallest absolute Gasteiger partial charge is 0.339 e. The molecule has 0 saturated carbocycles. The molecule has 0 amide bonds. The highest BCUT2D eigenvalue weighted by Gasteiger charge is 2.24. The molecule has 1 unspecified atom stereocenters. The molecule has 0 radical (unpaired) electrons. The molecular formula is C11H11FO5. The summed E-state index contributed by atoms with van der Waals surface area (Å²) in [5.41, 5.74) is -0.389. The number of carboxylic acids is 1. The molecule has 5 nitrogen and oxygen atoms in total.